The van der Waals surface area contributed by atoms with E-state index in [0.29, 0.717) is 13.1 Å². The van der Waals surface area contributed by atoms with Gasteiger partial charge in [0.2, 0.25) is 0 Å². The topological polar surface area (TPSA) is 163 Å². The Morgan fingerprint density at radius 3 is 0.733 bits per heavy atom. The van der Waals surface area contributed by atoms with Crippen LogP contribution in [0.3, 0.4) is 0 Å². The van der Waals surface area contributed by atoms with E-state index in [-0.39, 0.29) is 44.1 Å². The summed E-state index contributed by atoms with van der Waals surface area (Å²) in [6, 6.07) is 0. The maximum absolute atomic E-state index is 4.97. The van der Waals surface area contributed by atoms with Gasteiger partial charge in [-0.2, -0.15) is 0 Å². The van der Waals surface area contributed by atoms with Crippen molar-refractivity contribution >= 4 is 10.1 Å². The number of hydrogen-bond acceptors (Lipinski definition) is 2. The maximum Gasteiger partial charge on any atom is 2.00 e. The molecule has 16 N–H and O–H groups in total. The Hall–Kier alpha value is 0.889. The number of quaternary nitrogens is 4. The Balaban J connectivity index is -0.0000000184. The molecule has 0 aliphatic rings. The van der Waals surface area contributed by atoms with Gasteiger partial charge in [0, 0.05) is 13.1 Å². The van der Waals surface area contributed by atoms with Crippen molar-refractivity contribution in [2.75, 3.05) is 39.3 Å². The van der Waals surface area contributed by atoms with Crippen LogP contribution in [0.2, 0.25) is 0 Å². The molecule has 0 saturated heterocycles. The first-order valence-electron chi connectivity index (χ1n) is 4.32. The summed E-state index contributed by atoms with van der Waals surface area (Å²) in [5.74, 6) is 0. The van der Waals surface area contributed by atoms with Crippen LogP contribution in [-0.2, 0) is 0 Å². The largest absolute Gasteiger partial charge is 2.00 e. The molecule has 0 rings (SSSR count). The molecule has 0 aromatic carbocycles. The quantitative estimate of drug-likeness (QED) is 0.278. The van der Waals surface area contributed by atoms with Gasteiger partial charge in [-0.3, -0.25) is 0 Å². The Kier molecular flexibility index (Phi) is 145. The predicted octanol–water partition coefficient (Wildman–Crippen LogP) is -12.5. The smallest absolute Gasteiger partial charge is 1.00 e. The van der Waals surface area contributed by atoms with Crippen LogP contribution in [0.1, 0.15) is 0 Å². The maximum atomic E-state index is 4.97. The van der Waals surface area contributed by atoms with E-state index < -0.39 is 0 Å². The molecular formula is C6H28BeBr2N6+4. The second-order valence-electron chi connectivity index (χ2n) is 1.99. The summed E-state index contributed by atoms with van der Waals surface area (Å²) >= 11 is 0. The van der Waals surface area contributed by atoms with E-state index in [4.69, 9.17) is 11.5 Å². The molecule has 0 atom stereocenters. The number of hydrogen-bond donors (Lipinski definition) is 6. The molecule has 15 heavy (non-hydrogen) atoms. The van der Waals surface area contributed by atoms with Crippen molar-refractivity contribution in [3.05, 3.63) is 0 Å². The molecule has 0 heterocycles. The minimum atomic E-state index is 0. The third kappa shape index (κ3) is 164. The van der Waals surface area contributed by atoms with Crippen molar-refractivity contribution in [1.29, 1.82) is 0 Å². The molecule has 0 radical (unpaired) electrons. The van der Waals surface area contributed by atoms with E-state index in [1.54, 1.807) is 0 Å². The molecule has 0 amide bonds. The number of rotatable bonds is 3. The third-order valence-electron chi connectivity index (χ3n) is 0.658. The summed E-state index contributed by atoms with van der Waals surface area (Å²) in [6.45, 7) is 5.03. The van der Waals surface area contributed by atoms with Gasteiger partial charge in [0.15, 0.2) is 0 Å². The van der Waals surface area contributed by atoms with Gasteiger partial charge in [-0.05, 0) is 0 Å². The fraction of sp³-hybridized carbons (Fsp3) is 1.00. The van der Waals surface area contributed by atoms with Gasteiger partial charge in [0.1, 0.15) is 13.1 Å². The zero-order valence-electron chi connectivity index (χ0n) is 9.69. The first kappa shape index (κ1) is 36.0. The summed E-state index contributed by atoms with van der Waals surface area (Å²) < 4.78 is 0. The van der Waals surface area contributed by atoms with Crippen LogP contribution in [0, 0.1) is 0 Å². The summed E-state index contributed by atoms with van der Waals surface area (Å²) in [5.41, 5.74) is 24.0. The van der Waals surface area contributed by atoms with E-state index >= 15 is 0 Å². The van der Waals surface area contributed by atoms with Crippen LogP contribution in [0.15, 0.2) is 0 Å². The van der Waals surface area contributed by atoms with Crippen LogP contribution in [0.5, 0.6) is 0 Å². The molecule has 0 spiro atoms. The second kappa shape index (κ2) is 60.5. The molecule has 0 saturated carbocycles. The minimum absolute atomic E-state index is 0. The molecular weight excluding hydrogens is 325 g/mol. The van der Waals surface area contributed by atoms with Gasteiger partial charge in [-0.15, -0.1) is 0 Å². The first-order valence-corrected chi connectivity index (χ1v) is 4.32. The van der Waals surface area contributed by atoms with Gasteiger partial charge < -0.3 is 68.4 Å². The fourth-order valence-corrected chi connectivity index (χ4v) is 0. The van der Waals surface area contributed by atoms with Gasteiger partial charge in [-0.1, -0.05) is 0 Å². The van der Waals surface area contributed by atoms with E-state index in [2.05, 4.69) is 22.9 Å². The van der Waals surface area contributed by atoms with Crippen LogP contribution < -0.4 is 68.4 Å². The Morgan fingerprint density at radius 2 is 0.733 bits per heavy atom. The Labute approximate surface area is 118 Å². The number of halogens is 2. The first-order chi connectivity index (χ1) is 5.74. The Bertz CT molecular complexity index is 41.1. The molecule has 0 fully saturated rings. The molecule has 0 aliphatic carbocycles. The van der Waals surface area contributed by atoms with Crippen molar-refractivity contribution in [2.24, 2.45) is 11.5 Å². The van der Waals surface area contributed by atoms with Gasteiger partial charge in [-0.25, -0.2) is 0 Å². The van der Waals surface area contributed by atoms with E-state index in [1.807, 2.05) is 0 Å². The van der Waals surface area contributed by atoms with Crippen LogP contribution in [-0.4, -0.2) is 49.4 Å². The van der Waals surface area contributed by atoms with E-state index in [0.717, 1.165) is 26.2 Å². The van der Waals surface area contributed by atoms with Gasteiger partial charge in [0.25, 0.3) is 0 Å². The fourth-order valence-electron chi connectivity index (χ4n) is 0. The minimum Gasteiger partial charge on any atom is -1.00 e. The van der Waals surface area contributed by atoms with Crippen LogP contribution >= 0.6 is 0 Å². The average Bonchev–Trinajstić information content (AvgIpc) is 2.18. The zero-order valence-corrected chi connectivity index (χ0v) is 12.9. The summed E-state index contributed by atoms with van der Waals surface area (Å²) in [7, 11) is 0. The monoisotopic (exact) mass is 351 g/mol. The summed E-state index contributed by atoms with van der Waals surface area (Å²) in [5, 5.41) is 0. The van der Waals surface area contributed by atoms with Crippen molar-refractivity contribution in [2.45, 2.75) is 0 Å². The predicted molar refractivity (Wildman–Crippen MR) is 54.9 cm³/mol. The zero-order chi connectivity index (χ0) is 10.2. The molecule has 6 nitrogen and oxygen atoms in total. The Morgan fingerprint density at radius 1 is 0.600 bits per heavy atom. The van der Waals surface area contributed by atoms with E-state index in [9.17, 15) is 0 Å². The molecule has 0 aromatic heterocycles. The molecule has 0 unspecified atom stereocenters. The average molecular weight is 353 g/mol. The molecule has 0 bridgehead atoms. The molecule has 94 valence electrons. The summed E-state index contributed by atoms with van der Waals surface area (Å²) in [6.07, 6.45) is 0. The van der Waals surface area contributed by atoms with E-state index in [1.165, 1.54) is 0 Å². The number of nitrogens with two attached hydrogens (primary N) is 2. The third-order valence-corrected chi connectivity index (χ3v) is 0.658. The van der Waals surface area contributed by atoms with Crippen molar-refractivity contribution in [1.82, 2.24) is 0 Å². The standard InChI is InChI=1S/3C2H8N2.Be.2BrH/c3*3-1-2-4;;;/h3*1-4H2;;2*1H/q;;;+2;;/p+2. The van der Waals surface area contributed by atoms with Crippen LogP contribution in [0.4, 0.5) is 0 Å². The normalized spacial score (nSPS) is 6.00. The summed E-state index contributed by atoms with van der Waals surface area (Å²) in [4.78, 5) is 0. The van der Waals surface area contributed by atoms with Gasteiger partial charge in [0.05, 0.1) is 13.1 Å². The van der Waals surface area contributed by atoms with Crippen LogP contribution in [0.25, 0.3) is 0 Å². The van der Waals surface area contributed by atoms with Crippen molar-refractivity contribution < 1.29 is 56.9 Å². The SMILES string of the molecule is NCC[NH3+].NCC[NH3+].[Be+2].[Br-].[Br-].[NH3+]CC[NH3+]. The van der Waals surface area contributed by atoms with Gasteiger partial charge >= 0.3 is 10.1 Å². The van der Waals surface area contributed by atoms with Crippen molar-refractivity contribution in [3.63, 3.8) is 0 Å². The molecule has 9 heteroatoms. The van der Waals surface area contributed by atoms with Crippen molar-refractivity contribution in [3.8, 4) is 0 Å². The molecule has 0 aliphatic heterocycles. The second-order valence-corrected chi connectivity index (χ2v) is 1.99. The molecule has 0 aromatic rings.